The number of hydrogen-bond donors (Lipinski definition) is 1. The molecule has 5 nitrogen and oxygen atoms in total. The molecule has 22 heavy (non-hydrogen) atoms. The maximum atomic E-state index is 12.3. The normalized spacial score (nSPS) is 27.3. The average molecular weight is 323 g/mol. The van der Waals surface area contributed by atoms with Crippen LogP contribution in [-0.2, 0) is 9.47 Å². The highest BCUT2D eigenvalue weighted by Gasteiger charge is 2.32. The van der Waals surface area contributed by atoms with Crippen LogP contribution in [0.2, 0.25) is 0 Å². The number of nitrogens with one attached hydrogen (secondary N) is 1. The Labute approximate surface area is 128 Å². The molecule has 0 spiro atoms. The van der Waals surface area contributed by atoms with Gasteiger partial charge in [0.1, 0.15) is 6.10 Å². The van der Waals surface area contributed by atoms with Crippen molar-refractivity contribution in [1.29, 1.82) is 0 Å². The van der Waals surface area contributed by atoms with Gasteiger partial charge in [0.2, 0.25) is 0 Å². The highest BCUT2D eigenvalue weighted by molar-refractivity contribution is 5.80. The van der Waals surface area contributed by atoms with Gasteiger partial charge < -0.3 is 19.7 Å². The van der Waals surface area contributed by atoms with E-state index in [0.717, 1.165) is 19.4 Å². The molecule has 2 aliphatic rings. The summed E-state index contributed by atoms with van der Waals surface area (Å²) in [7, 11) is 0. The van der Waals surface area contributed by atoms with Crippen LogP contribution in [-0.4, -0.2) is 68.6 Å². The number of morpholine rings is 1. The standard InChI is InChI=1S/C14H24F3N3O2/c1-2-18-13(19-6-5-14(15,16)17)20-7-9-22-12(10-20)11-4-3-8-21-11/h11-12H,2-10H2,1H3,(H,18,19). The highest BCUT2D eigenvalue weighted by Crippen LogP contribution is 2.21. The lowest BCUT2D eigenvalue weighted by atomic mass is 10.1. The van der Waals surface area contributed by atoms with Crippen LogP contribution in [0.25, 0.3) is 0 Å². The zero-order valence-corrected chi connectivity index (χ0v) is 12.9. The van der Waals surface area contributed by atoms with Crippen LogP contribution in [0.4, 0.5) is 13.2 Å². The number of nitrogens with zero attached hydrogens (tertiary/aromatic N) is 2. The van der Waals surface area contributed by atoms with E-state index in [9.17, 15) is 13.2 Å². The lowest BCUT2D eigenvalue weighted by Gasteiger charge is -2.37. The molecule has 8 heteroatoms. The van der Waals surface area contributed by atoms with Crippen LogP contribution in [0.1, 0.15) is 26.2 Å². The molecule has 0 amide bonds. The molecule has 0 aromatic heterocycles. The van der Waals surface area contributed by atoms with Gasteiger partial charge in [-0.3, -0.25) is 4.99 Å². The van der Waals surface area contributed by atoms with Crippen molar-refractivity contribution in [3.63, 3.8) is 0 Å². The van der Waals surface area contributed by atoms with Gasteiger partial charge in [-0.1, -0.05) is 0 Å². The maximum Gasteiger partial charge on any atom is 0.390 e. The topological polar surface area (TPSA) is 46.1 Å². The molecule has 0 bridgehead atoms. The van der Waals surface area contributed by atoms with E-state index >= 15 is 0 Å². The molecule has 0 aromatic carbocycles. The minimum atomic E-state index is -4.17. The Hall–Kier alpha value is -1.02. The smallest absolute Gasteiger partial charge is 0.375 e. The van der Waals surface area contributed by atoms with Crippen molar-refractivity contribution in [3.05, 3.63) is 0 Å². The summed E-state index contributed by atoms with van der Waals surface area (Å²) in [4.78, 5) is 6.07. The zero-order valence-electron chi connectivity index (χ0n) is 12.9. The molecule has 2 atom stereocenters. The highest BCUT2D eigenvalue weighted by atomic mass is 19.4. The van der Waals surface area contributed by atoms with E-state index in [1.807, 2.05) is 11.8 Å². The fourth-order valence-electron chi connectivity index (χ4n) is 2.70. The molecule has 2 fully saturated rings. The summed E-state index contributed by atoms with van der Waals surface area (Å²) in [5, 5.41) is 3.06. The van der Waals surface area contributed by atoms with E-state index in [-0.39, 0.29) is 18.8 Å². The van der Waals surface area contributed by atoms with Crippen molar-refractivity contribution in [2.75, 3.05) is 39.4 Å². The van der Waals surface area contributed by atoms with Crippen molar-refractivity contribution in [2.45, 2.75) is 44.6 Å². The van der Waals surface area contributed by atoms with Crippen LogP contribution in [0.5, 0.6) is 0 Å². The lowest BCUT2D eigenvalue weighted by Crippen LogP contribution is -2.53. The molecule has 2 rings (SSSR count). The summed E-state index contributed by atoms with van der Waals surface area (Å²) in [6, 6.07) is 0. The predicted octanol–water partition coefficient (Wildman–Crippen LogP) is 1.78. The Kier molecular flexibility index (Phi) is 6.31. The second-order valence-electron chi connectivity index (χ2n) is 5.51. The third kappa shape index (κ3) is 5.31. The van der Waals surface area contributed by atoms with E-state index in [2.05, 4.69) is 10.3 Å². The van der Waals surface area contributed by atoms with Crippen LogP contribution < -0.4 is 5.32 Å². The molecule has 1 N–H and O–H groups in total. The lowest BCUT2D eigenvalue weighted by molar-refractivity contribution is -0.132. The van der Waals surface area contributed by atoms with Gasteiger partial charge in [0.15, 0.2) is 5.96 Å². The molecule has 0 saturated carbocycles. The third-order valence-electron chi connectivity index (χ3n) is 3.76. The van der Waals surface area contributed by atoms with Crippen molar-refractivity contribution < 1.29 is 22.6 Å². The number of alkyl halides is 3. The first kappa shape index (κ1) is 17.3. The summed E-state index contributed by atoms with van der Waals surface area (Å²) < 4.78 is 48.2. The Morgan fingerprint density at radius 1 is 1.27 bits per heavy atom. The van der Waals surface area contributed by atoms with E-state index in [1.54, 1.807) is 0 Å². The number of guanidine groups is 1. The van der Waals surface area contributed by atoms with Gasteiger partial charge in [-0.2, -0.15) is 13.2 Å². The fraction of sp³-hybridized carbons (Fsp3) is 0.929. The minimum absolute atomic E-state index is 0.0391. The van der Waals surface area contributed by atoms with Gasteiger partial charge in [-0.25, -0.2) is 0 Å². The van der Waals surface area contributed by atoms with Gasteiger partial charge in [0.25, 0.3) is 0 Å². The Morgan fingerprint density at radius 3 is 2.68 bits per heavy atom. The van der Waals surface area contributed by atoms with Gasteiger partial charge in [-0.15, -0.1) is 0 Å². The van der Waals surface area contributed by atoms with Crippen molar-refractivity contribution in [2.24, 2.45) is 4.99 Å². The number of halogens is 3. The number of hydrogen-bond acceptors (Lipinski definition) is 3. The van der Waals surface area contributed by atoms with Crippen LogP contribution in [0.3, 0.4) is 0 Å². The number of rotatable bonds is 4. The summed E-state index contributed by atoms with van der Waals surface area (Å²) in [5.74, 6) is 0.526. The van der Waals surface area contributed by atoms with Gasteiger partial charge in [0, 0.05) is 26.2 Å². The zero-order chi connectivity index (χ0) is 16.0. The molecular formula is C14H24F3N3O2. The monoisotopic (exact) mass is 323 g/mol. The summed E-state index contributed by atoms with van der Waals surface area (Å²) in [6.45, 7) is 4.78. The van der Waals surface area contributed by atoms with Crippen molar-refractivity contribution in [3.8, 4) is 0 Å². The minimum Gasteiger partial charge on any atom is -0.375 e. The first-order chi connectivity index (χ1) is 10.5. The average Bonchev–Trinajstić information content (AvgIpc) is 2.99. The largest absolute Gasteiger partial charge is 0.390 e. The SMILES string of the molecule is CCNC(=NCCC(F)(F)F)N1CCOC(C2CCCO2)C1. The van der Waals surface area contributed by atoms with Gasteiger partial charge in [0.05, 0.1) is 25.7 Å². The Bertz CT molecular complexity index is 371. The van der Waals surface area contributed by atoms with Crippen LogP contribution >= 0.6 is 0 Å². The molecule has 2 aliphatic heterocycles. The summed E-state index contributed by atoms with van der Waals surface area (Å²) in [6.07, 6.45) is -3.03. The summed E-state index contributed by atoms with van der Waals surface area (Å²) in [5.41, 5.74) is 0. The van der Waals surface area contributed by atoms with E-state index in [4.69, 9.17) is 9.47 Å². The maximum absolute atomic E-state index is 12.3. The first-order valence-electron chi connectivity index (χ1n) is 7.83. The van der Waals surface area contributed by atoms with E-state index in [0.29, 0.717) is 32.2 Å². The molecule has 128 valence electrons. The molecule has 2 heterocycles. The molecule has 2 saturated heterocycles. The molecule has 0 aliphatic carbocycles. The predicted molar refractivity (Wildman–Crippen MR) is 76.9 cm³/mol. The van der Waals surface area contributed by atoms with E-state index < -0.39 is 12.6 Å². The van der Waals surface area contributed by atoms with E-state index in [1.165, 1.54) is 0 Å². The second kappa shape index (κ2) is 8.01. The third-order valence-corrected chi connectivity index (χ3v) is 3.76. The molecule has 0 aromatic rings. The number of ether oxygens (including phenoxy) is 2. The fourth-order valence-corrected chi connectivity index (χ4v) is 2.70. The Balaban J connectivity index is 1.92. The first-order valence-corrected chi connectivity index (χ1v) is 7.83. The van der Waals surface area contributed by atoms with Crippen molar-refractivity contribution in [1.82, 2.24) is 10.2 Å². The summed E-state index contributed by atoms with van der Waals surface area (Å²) >= 11 is 0. The quantitative estimate of drug-likeness (QED) is 0.633. The Morgan fingerprint density at radius 2 is 2.05 bits per heavy atom. The molecular weight excluding hydrogens is 299 g/mol. The second-order valence-corrected chi connectivity index (χ2v) is 5.51. The number of aliphatic imine (C=N–C) groups is 1. The van der Waals surface area contributed by atoms with Gasteiger partial charge >= 0.3 is 6.18 Å². The van der Waals surface area contributed by atoms with Gasteiger partial charge in [-0.05, 0) is 19.8 Å². The van der Waals surface area contributed by atoms with Crippen LogP contribution in [0, 0.1) is 0 Å². The van der Waals surface area contributed by atoms with Crippen LogP contribution in [0.15, 0.2) is 4.99 Å². The molecule has 0 radical (unpaired) electrons. The molecule has 2 unspecified atom stereocenters. The van der Waals surface area contributed by atoms with Crippen molar-refractivity contribution >= 4 is 5.96 Å².